The van der Waals surface area contributed by atoms with Crippen molar-refractivity contribution in [2.75, 3.05) is 0 Å². The number of benzene rings is 1. The Balaban J connectivity index is 1.88. The van der Waals surface area contributed by atoms with Crippen molar-refractivity contribution in [2.45, 2.75) is 51.6 Å². The molecule has 0 spiro atoms. The maximum absolute atomic E-state index is 10.9. The van der Waals surface area contributed by atoms with Crippen LogP contribution >= 0.6 is 0 Å². The molecule has 1 fully saturated rings. The number of hydrogen-bond donors (Lipinski definition) is 2. The van der Waals surface area contributed by atoms with Crippen molar-refractivity contribution in [1.29, 1.82) is 0 Å². The van der Waals surface area contributed by atoms with Crippen LogP contribution in [-0.2, 0) is 6.54 Å². The van der Waals surface area contributed by atoms with Gasteiger partial charge in [-0.3, -0.25) is 0 Å². The molecule has 2 N–H and O–H groups in total. The molecule has 2 atom stereocenters. The lowest BCUT2D eigenvalue weighted by molar-refractivity contribution is 0.0696. The average Bonchev–Trinajstić information content (AvgIpc) is 2.45. The van der Waals surface area contributed by atoms with Crippen molar-refractivity contribution in [3.05, 3.63) is 35.4 Å². The van der Waals surface area contributed by atoms with Crippen LogP contribution in [-0.4, -0.2) is 17.1 Å². The van der Waals surface area contributed by atoms with E-state index >= 15 is 0 Å². The van der Waals surface area contributed by atoms with Gasteiger partial charge in [0, 0.05) is 12.6 Å². The molecule has 0 radical (unpaired) electrons. The van der Waals surface area contributed by atoms with Gasteiger partial charge in [0.1, 0.15) is 0 Å². The molecule has 19 heavy (non-hydrogen) atoms. The SMILES string of the molecule is CCC1CCCC(NCc2cccc(C(=O)O)c2)C1. The largest absolute Gasteiger partial charge is 0.478 e. The minimum atomic E-state index is -0.856. The number of hydrogen-bond acceptors (Lipinski definition) is 2. The Hall–Kier alpha value is -1.35. The molecule has 1 saturated carbocycles. The summed E-state index contributed by atoms with van der Waals surface area (Å²) in [6, 6.07) is 7.79. The lowest BCUT2D eigenvalue weighted by Gasteiger charge is -2.29. The summed E-state index contributed by atoms with van der Waals surface area (Å²) in [4.78, 5) is 10.9. The van der Waals surface area contributed by atoms with Crippen molar-refractivity contribution in [1.82, 2.24) is 5.32 Å². The predicted octanol–water partition coefficient (Wildman–Crippen LogP) is 3.44. The highest BCUT2D eigenvalue weighted by Crippen LogP contribution is 2.26. The van der Waals surface area contributed by atoms with E-state index in [1.165, 1.54) is 32.1 Å². The van der Waals surface area contributed by atoms with Gasteiger partial charge in [-0.05, 0) is 36.5 Å². The van der Waals surface area contributed by atoms with Crippen LogP contribution in [0.15, 0.2) is 24.3 Å². The van der Waals surface area contributed by atoms with Crippen LogP contribution in [0.3, 0.4) is 0 Å². The third-order valence-electron chi connectivity index (χ3n) is 4.13. The molecule has 1 aromatic rings. The Kier molecular flexibility index (Phi) is 4.97. The van der Waals surface area contributed by atoms with Gasteiger partial charge in [0.15, 0.2) is 0 Å². The van der Waals surface area contributed by atoms with Gasteiger partial charge in [0.2, 0.25) is 0 Å². The lowest BCUT2D eigenvalue weighted by atomic mass is 9.84. The number of nitrogens with one attached hydrogen (secondary N) is 1. The average molecular weight is 261 g/mol. The summed E-state index contributed by atoms with van der Waals surface area (Å²) in [5, 5.41) is 12.5. The third-order valence-corrected chi connectivity index (χ3v) is 4.13. The molecule has 1 aliphatic carbocycles. The van der Waals surface area contributed by atoms with E-state index in [-0.39, 0.29) is 0 Å². The molecule has 1 aliphatic rings. The highest BCUT2D eigenvalue weighted by molar-refractivity contribution is 5.87. The maximum atomic E-state index is 10.9. The molecule has 3 heteroatoms. The normalized spacial score (nSPS) is 23.2. The molecule has 0 aliphatic heterocycles. The molecular weight excluding hydrogens is 238 g/mol. The molecule has 0 amide bonds. The second-order valence-electron chi connectivity index (χ2n) is 5.52. The fraction of sp³-hybridized carbons (Fsp3) is 0.562. The van der Waals surface area contributed by atoms with Gasteiger partial charge in [0.25, 0.3) is 0 Å². The smallest absolute Gasteiger partial charge is 0.335 e. The molecule has 2 unspecified atom stereocenters. The van der Waals surface area contributed by atoms with E-state index in [4.69, 9.17) is 5.11 Å². The van der Waals surface area contributed by atoms with Crippen molar-refractivity contribution >= 4 is 5.97 Å². The van der Waals surface area contributed by atoms with Gasteiger partial charge < -0.3 is 10.4 Å². The van der Waals surface area contributed by atoms with Crippen LogP contribution in [0.1, 0.15) is 54.9 Å². The summed E-state index contributed by atoms with van der Waals surface area (Å²) >= 11 is 0. The van der Waals surface area contributed by atoms with E-state index in [2.05, 4.69) is 12.2 Å². The highest BCUT2D eigenvalue weighted by atomic mass is 16.4. The topological polar surface area (TPSA) is 49.3 Å². The summed E-state index contributed by atoms with van der Waals surface area (Å²) in [7, 11) is 0. The minimum absolute atomic E-state index is 0.370. The molecule has 3 nitrogen and oxygen atoms in total. The zero-order valence-corrected chi connectivity index (χ0v) is 11.6. The summed E-state index contributed by atoms with van der Waals surface area (Å²) in [6.07, 6.45) is 6.45. The molecule has 2 rings (SSSR count). The summed E-state index contributed by atoms with van der Waals surface area (Å²) in [5.74, 6) is 0.00201. The quantitative estimate of drug-likeness (QED) is 0.853. The Morgan fingerprint density at radius 1 is 1.42 bits per heavy atom. The standard InChI is InChI=1S/C16H23NO2/c1-2-12-5-4-8-15(10-12)17-11-13-6-3-7-14(9-13)16(18)19/h3,6-7,9,12,15,17H,2,4-5,8,10-11H2,1H3,(H,18,19). The zero-order valence-electron chi connectivity index (χ0n) is 11.6. The first-order chi connectivity index (χ1) is 9.19. The van der Waals surface area contributed by atoms with E-state index in [1.807, 2.05) is 12.1 Å². The molecule has 104 valence electrons. The van der Waals surface area contributed by atoms with Crippen molar-refractivity contribution in [2.24, 2.45) is 5.92 Å². The number of carboxylic acids is 1. The van der Waals surface area contributed by atoms with Gasteiger partial charge in [-0.2, -0.15) is 0 Å². The fourth-order valence-corrected chi connectivity index (χ4v) is 2.92. The summed E-state index contributed by atoms with van der Waals surface area (Å²) < 4.78 is 0. The molecule has 0 heterocycles. The number of carboxylic acid groups (broad SMARTS) is 1. The molecule has 1 aromatic carbocycles. The van der Waals surface area contributed by atoms with Crippen LogP contribution in [0.2, 0.25) is 0 Å². The van der Waals surface area contributed by atoms with Crippen molar-refractivity contribution in [3.63, 3.8) is 0 Å². The van der Waals surface area contributed by atoms with Gasteiger partial charge in [-0.15, -0.1) is 0 Å². The summed E-state index contributed by atoms with van der Waals surface area (Å²) in [6.45, 7) is 3.03. The second-order valence-corrected chi connectivity index (χ2v) is 5.52. The molecular formula is C16H23NO2. The Bertz CT molecular complexity index is 431. The van der Waals surface area contributed by atoms with Gasteiger partial charge in [0.05, 0.1) is 5.56 Å². The summed E-state index contributed by atoms with van der Waals surface area (Å²) in [5.41, 5.74) is 1.42. The van der Waals surface area contributed by atoms with Crippen LogP contribution < -0.4 is 5.32 Å². The van der Waals surface area contributed by atoms with Crippen LogP contribution in [0.25, 0.3) is 0 Å². The van der Waals surface area contributed by atoms with Crippen molar-refractivity contribution in [3.8, 4) is 0 Å². The fourth-order valence-electron chi connectivity index (χ4n) is 2.92. The van der Waals surface area contributed by atoms with Crippen LogP contribution in [0.5, 0.6) is 0 Å². The van der Waals surface area contributed by atoms with E-state index in [0.29, 0.717) is 11.6 Å². The van der Waals surface area contributed by atoms with Gasteiger partial charge >= 0.3 is 5.97 Å². The maximum Gasteiger partial charge on any atom is 0.335 e. The monoisotopic (exact) mass is 261 g/mol. The van der Waals surface area contributed by atoms with Crippen LogP contribution in [0, 0.1) is 5.92 Å². The molecule has 0 saturated heterocycles. The third kappa shape index (κ3) is 4.06. The number of rotatable bonds is 5. The minimum Gasteiger partial charge on any atom is -0.478 e. The predicted molar refractivity (Wildman–Crippen MR) is 76.3 cm³/mol. The van der Waals surface area contributed by atoms with E-state index in [0.717, 1.165) is 18.0 Å². The van der Waals surface area contributed by atoms with E-state index in [9.17, 15) is 4.79 Å². The first-order valence-corrected chi connectivity index (χ1v) is 7.24. The lowest BCUT2D eigenvalue weighted by Crippen LogP contribution is -2.33. The number of aromatic carboxylic acids is 1. The first kappa shape index (κ1) is 14.1. The number of carbonyl (C=O) groups is 1. The Labute approximate surface area is 115 Å². The first-order valence-electron chi connectivity index (χ1n) is 7.24. The van der Waals surface area contributed by atoms with E-state index < -0.39 is 5.97 Å². The Morgan fingerprint density at radius 3 is 3.00 bits per heavy atom. The molecule has 0 bridgehead atoms. The highest BCUT2D eigenvalue weighted by Gasteiger charge is 2.20. The molecule has 0 aromatic heterocycles. The van der Waals surface area contributed by atoms with Crippen molar-refractivity contribution < 1.29 is 9.90 Å². The van der Waals surface area contributed by atoms with Gasteiger partial charge in [-0.25, -0.2) is 4.79 Å². The zero-order chi connectivity index (χ0) is 13.7. The Morgan fingerprint density at radius 2 is 2.26 bits per heavy atom. The van der Waals surface area contributed by atoms with E-state index in [1.54, 1.807) is 12.1 Å². The second kappa shape index (κ2) is 6.71. The van der Waals surface area contributed by atoms with Gasteiger partial charge in [-0.1, -0.05) is 38.3 Å². The van der Waals surface area contributed by atoms with Crippen LogP contribution in [0.4, 0.5) is 0 Å².